The van der Waals surface area contributed by atoms with Crippen molar-refractivity contribution in [3.8, 4) is 0 Å². The Morgan fingerprint density at radius 2 is 1.78 bits per heavy atom. The van der Waals surface area contributed by atoms with Crippen LogP contribution in [0.5, 0.6) is 0 Å². The molecule has 37 heavy (non-hydrogen) atoms. The van der Waals surface area contributed by atoms with E-state index in [1.807, 2.05) is 0 Å². The van der Waals surface area contributed by atoms with E-state index in [4.69, 9.17) is 25.4 Å². The summed E-state index contributed by atoms with van der Waals surface area (Å²) < 4.78 is 53.7. The van der Waals surface area contributed by atoms with Crippen molar-refractivity contribution in [2.24, 2.45) is 0 Å². The second-order valence-corrected chi connectivity index (χ2v) is 12.0. The van der Waals surface area contributed by atoms with Crippen LogP contribution in [0, 0.1) is 0 Å². The Kier molecular flexibility index (Phi) is 8.55. The first-order valence-corrected chi connectivity index (χ1v) is 14.2. The van der Waals surface area contributed by atoms with Gasteiger partial charge in [0.1, 0.15) is 30.2 Å². The third-order valence-corrected chi connectivity index (χ3v) is 8.44. The molecule has 1 saturated heterocycles. The van der Waals surface area contributed by atoms with Crippen LogP contribution in [0.15, 0.2) is 12.7 Å². The number of ether oxygens (including phenoxy) is 1. The van der Waals surface area contributed by atoms with E-state index in [-0.39, 0.29) is 17.0 Å². The summed E-state index contributed by atoms with van der Waals surface area (Å²) in [6.07, 6.45) is -8.00. The van der Waals surface area contributed by atoms with Crippen LogP contribution in [0.2, 0.25) is 0 Å². The van der Waals surface area contributed by atoms with E-state index in [0.717, 1.165) is 17.2 Å². The van der Waals surface area contributed by atoms with Crippen LogP contribution in [-0.2, 0) is 36.6 Å². The first-order valence-electron chi connectivity index (χ1n) is 9.54. The van der Waals surface area contributed by atoms with Crippen LogP contribution in [0.3, 0.4) is 0 Å². The van der Waals surface area contributed by atoms with Gasteiger partial charge in [-0.3, -0.25) is 18.2 Å². The average Bonchev–Trinajstić information content (AvgIpc) is 3.31. The predicted molar refractivity (Wildman–Crippen MR) is 113 cm³/mol. The molecule has 1 aliphatic rings. The maximum Gasteiger partial charge on any atom is 0.479 e. The molecule has 8 atom stereocenters. The van der Waals surface area contributed by atoms with E-state index in [2.05, 4.69) is 28.3 Å². The van der Waals surface area contributed by atoms with E-state index < -0.39 is 72.3 Å². The number of nitrogens with two attached hydrogens (primary N) is 1. The van der Waals surface area contributed by atoms with Crippen molar-refractivity contribution >= 4 is 46.2 Å². The van der Waals surface area contributed by atoms with Gasteiger partial charge in [0.25, 0.3) is 0 Å². The number of carbonyl (C=O) groups is 1. The number of carboxylic acid groups (broad SMARTS) is 1. The number of phosphoric ester groups is 2. The summed E-state index contributed by atoms with van der Waals surface area (Å²) in [6.45, 7) is -1.55. The molecule has 0 spiro atoms. The number of hydrogen-bond donors (Lipinski definition) is 9. The molecule has 0 aliphatic carbocycles. The molecule has 0 radical (unpaired) electrons. The molecule has 2 aromatic rings. The maximum absolute atomic E-state index is 12.5. The van der Waals surface area contributed by atoms with Crippen molar-refractivity contribution in [3.63, 3.8) is 0 Å². The zero-order valence-corrected chi connectivity index (χ0v) is 20.6. The summed E-state index contributed by atoms with van der Waals surface area (Å²) in [7, 11) is -16.8. The van der Waals surface area contributed by atoms with Crippen molar-refractivity contribution < 1.29 is 76.6 Å². The monoisotopic (exact) mass is 595 g/mol. The zero-order chi connectivity index (χ0) is 27.9. The number of aliphatic carboxylic acids is 1. The van der Waals surface area contributed by atoms with Gasteiger partial charge in [-0.05, 0) is 0 Å². The number of nitrogen functional groups attached to an aromatic ring is 1. The van der Waals surface area contributed by atoms with Gasteiger partial charge in [-0.25, -0.2) is 33.2 Å². The van der Waals surface area contributed by atoms with Gasteiger partial charge in [-0.1, -0.05) is 0 Å². The summed E-state index contributed by atoms with van der Waals surface area (Å²) in [5.74, 6) is -4.88. The third-order valence-electron chi connectivity index (χ3n) is 4.71. The molecule has 0 aromatic carbocycles. The zero-order valence-electron chi connectivity index (χ0n) is 17.9. The number of anilines is 1. The van der Waals surface area contributed by atoms with Crippen LogP contribution < -0.4 is 5.73 Å². The van der Waals surface area contributed by atoms with E-state index in [9.17, 15) is 43.6 Å². The molecule has 1 fully saturated rings. The lowest BCUT2D eigenvalue weighted by Crippen LogP contribution is -2.38. The highest BCUT2D eigenvalue weighted by atomic mass is 31.3. The summed E-state index contributed by atoms with van der Waals surface area (Å²) in [6, 6.07) is 0. The quantitative estimate of drug-likeness (QED) is 0.119. The summed E-state index contributed by atoms with van der Waals surface area (Å²) in [4.78, 5) is 59.5. The van der Waals surface area contributed by atoms with Gasteiger partial charge in [0.2, 0.25) is 0 Å². The van der Waals surface area contributed by atoms with Crippen molar-refractivity contribution in [3.05, 3.63) is 12.7 Å². The number of hydrogen-bond acceptors (Lipinski definition) is 15. The first kappa shape index (κ1) is 29.6. The molecule has 1 aliphatic heterocycles. The standard InChI is InChI=1S/C13H20N5O16P3/c14-9-5-10(16-2-15-9)18(3-17-5)11-7(20)6(19)8(32-11)13(23)35(24,25)34-37(29,30)31-1-4(12(21)22)33-36(26,27)28/h2-4,6-8,11,13,19-20,23H,1H2,(H,21,22)(H,24,25)(H,29,30)(H2,14,15,16)(H2,26,27,28)/t4?,6-,7+,8-,11+,13?/m0/s1. The van der Waals surface area contributed by atoms with Crippen LogP contribution >= 0.6 is 23.2 Å². The lowest BCUT2D eigenvalue weighted by molar-refractivity contribution is -0.147. The predicted octanol–water partition coefficient (Wildman–Crippen LogP) is -2.77. The number of imidazole rings is 1. The Labute approximate surface area is 204 Å². The van der Waals surface area contributed by atoms with Crippen molar-refractivity contribution in [2.45, 2.75) is 36.5 Å². The summed E-state index contributed by atoms with van der Waals surface area (Å²) in [5, 5.41) is 39.8. The van der Waals surface area contributed by atoms with Crippen LogP contribution in [0.4, 0.5) is 5.82 Å². The number of nitrogens with zero attached hydrogens (tertiary/aromatic N) is 4. The Balaban J connectivity index is 1.73. The molecule has 24 heteroatoms. The number of carboxylic acids is 1. The van der Waals surface area contributed by atoms with Gasteiger partial charge in [0.05, 0.1) is 12.9 Å². The van der Waals surface area contributed by atoms with Crippen LogP contribution in [0.25, 0.3) is 11.2 Å². The third kappa shape index (κ3) is 6.75. The number of rotatable bonds is 11. The smallest absolute Gasteiger partial charge is 0.479 e. The average molecular weight is 595 g/mol. The number of aromatic nitrogens is 4. The van der Waals surface area contributed by atoms with Crippen molar-refractivity contribution in [1.82, 2.24) is 19.5 Å². The lowest BCUT2D eigenvalue weighted by Gasteiger charge is -2.26. The highest BCUT2D eigenvalue weighted by Gasteiger charge is 2.54. The molecule has 3 heterocycles. The Bertz CT molecular complexity index is 1300. The van der Waals surface area contributed by atoms with Gasteiger partial charge in [-0.2, -0.15) is 0 Å². The minimum Gasteiger partial charge on any atom is -0.479 e. The van der Waals surface area contributed by atoms with E-state index in [0.29, 0.717) is 0 Å². The Morgan fingerprint density at radius 3 is 2.38 bits per heavy atom. The second-order valence-electron chi connectivity index (χ2n) is 7.30. The molecule has 21 nitrogen and oxygen atoms in total. The molecule has 208 valence electrons. The van der Waals surface area contributed by atoms with Crippen molar-refractivity contribution in [1.29, 1.82) is 0 Å². The fourth-order valence-electron chi connectivity index (χ4n) is 3.10. The minimum atomic E-state index is -5.72. The van der Waals surface area contributed by atoms with E-state index >= 15 is 0 Å². The Hall–Kier alpha value is -1.93. The second kappa shape index (κ2) is 10.7. The number of phosphoric acid groups is 2. The lowest BCUT2D eigenvalue weighted by atomic mass is 10.1. The number of aliphatic hydroxyl groups is 3. The molecule has 3 rings (SSSR count). The van der Waals surface area contributed by atoms with Gasteiger partial charge in [0, 0.05) is 0 Å². The van der Waals surface area contributed by atoms with Crippen LogP contribution in [0.1, 0.15) is 6.23 Å². The van der Waals surface area contributed by atoms with Gasteiger partial charge >= 0.3 is 29.2 Å². The van der Waals surface area contributed by atoms with Gasteiger partial charge in [-0.15, -0.1) is 0 Å². The molecule has 0 saturated carbocycles. The fraction of sp³-hybridized carbons (Fsp3) is 0.538. The molecular formula is C13H20N5O16P3. The SMILES string of the molecule is Nc1ncnc2c1ncn2[C@@H]1O[C@H](C(O)P(=O)(O)OP(=O)(O)OCC(OP(=O)(O)O)C(=O)O)[C@@H](O)[C@H]1O. The van der Waals surface area contributed by atoms with Crippen LogP contribution in [-0.4, -0.2) is 102 Å². The number of fused-ring (bicyclic) bond motifs is 1. The normalized spacial score (nSPS) is 27.4. The van der Waals surface area contributed by atoms with Gasteiger partial charge < -0.3 is 50.5 Å². The Morgan fingerprint density at radius 1 is 1.14 bits per heavy atom. The molecule has 4 unspecified atom stereocenters. The van der Waals surface area contributed by atoms with E-state index in [1.54, 1.807) is 0 Å². The van der Waals surface area contributed by atoms with Crippen molar-refractivity contribution in [2.75, 3.05) is 12.3 Å². The molecule has 0 amide bonds. The molecule has 10 N–H and O–H groups in total. The highest BCUT2D eigenvalue weighted by Crippen LogP contribution is 2.63. The molecule has 2 aromatic heterocycles. The van der Waals surface area contributed by atoms with E-state index in [1.165, 1.54) is 0 Å². The fourth-order valence-corrected chi connectivity index (χ4v) is 6.28. The van der Waals surface area contributed by atoms with Gasteiger partial charge in [0.15, 0.2) is 29.6 Å². The maximum atomic E-state index is 12.5. The first-order chi connectivity index (χ1) is 16.9. The summed E-state index contributed by atoms with van der Waals surface area (Å²) >= 11 is 0. The topological polar surface area (TPSA) is 337 Å². The summed E-state index contributed by atoms with van der Waals surface area (Å²) in [5.41, 5.74) is 5.76. The largest absolute Gasteiger partial charge is 0.479 e. The molecule has 0 bridgehead atoms. The molecular weight excluding hydrogens is 575 g/mol. The minimum absolute atomic E-state index is 0.0149. The highest BCUT2D eigenvalue weighted by molar-refractivity contribution is 7.64. The number of aliphatic hydroxyl groups excluding tert-OH is 3.